The molecule has 1 aromatic rings. The highest BCUT2D eigenvalue weighted by Gasteiger charge is 2.31. The molecule has 2 rings (SSSR count). The van der Waals surface area contributed by atoms with Gasteiger partial charge in [-0.2, -0.15) is 5.10 Å². The number of rotatable bonds is 6. The summed E-state index contributed by atoms with van der Waals surface area (Å²) < 4.78 is 2.05. The molecule has 1 heterocycles. The molecule has 114 valence electrons. The molecule has 0 bridgehead atoms. The van der Waals surface area contributed by atoms with Crippen LogP contribution in [-0.2, 0) is 19.5 Å². The number of nitrogens with zero attached hydrogens (tertiary/aromatic N) is 2. The molecular weight excluding hydrogens is 270 g/mol. The Balaban J connectivity index is 2.02. The number of hydrogen-bond donors (Lipinski definition) is 1. The van der Waals surface area contributed by atoms with Gasteiger partial charge in [-0.05, 0) is 38.0 Å². The molecule has 4 heteroatoms. The molecule has 0 saturated heterocycles. The summed E-state index contributed by atoms with van der Waals surface area (Å²) in [4.78, 5) is 0. The van der Waals surface area contributed by atoms with Crippen LogP contribution in [0.15, 0.2) is 0 Å². The van der Waals surface area contributed by atoms with Gasteiger partial charge in [-0.3, -0.25) is 4.68 Å². The molecule has 1 N–H and O–H groups in total. The van der Waals surface area contributed by atoms with E-state index in [1.807, 2.05) is 4.68 Å². The van der Waals surface area contributed by atoms with Crippen LogP contribution >= 0.6 is 11.6 Å². The Bertz CT molecular complexity index is 441. The molecular formula is C16H28ClN3. The summed E-state index contributed by atoms with van der Waals surface area (Å²) >= 11 is 6.46. The van der Waals surface area contributed by atoms with Crippen molar-refractivity contribution < 1.29 is 0 Å². The van der Waals surface area contributed by atoms with Gasteiger partial charge in [0.25, 0.3) is 0 Å². The van der Waals surface area contributed by atoms with E-state index >= 15 is 0 Å². The van der Waals surface area contributed by atoms with Crippen molar-refractivity contribution in [3.63, 3.8) is 0 Å². The molecule has 20 heavy (non-hydrogen) atoms. The number of hydrogen-bond acceptors (Lipinski definition) is 2. The molecule has 0 spiro atoms. The monoisotopic (exact) mass is 297 g/mol. The van der Waals surface area contributed by atoms with Crippen LogP contribution in [0.4, 0.5) is 0 Å². The lowest BCUT2D eigenvalue weighted by molar-refractivity contribution is 0.341. The van der Waals surface area contributed by atoms with Crippen molar-refractivity contribution in [1.82, 2.24) is 15.1 Å². The number of halogens is 1. The van der Waals surface area contributed by atoms with Gasteiger partial charge in [0.15, 0.2) is 0 Å². The first kappa shape index (κ1) is 15.8. The zero-order valence-corrected chi connectivity index (χ0v) is 14.0. The fourth-order valence-electron chi connectivity index (χ4n) is 3.53. The maximum Gasteiger partial charge on any atom is 0.0863 e. The third kappa shape index (κ3) is 3.04. The van der Waals surface area contributed by atoms with E-state index in [2.05, 4.69) is 38.1 Å². The molecule has 0 radical (unpaired) electrons. The molecule has 3 nitrogen and oxygen atoms in total. The van der Waals surface area contributed by atoms with E-state index in [1.165, 1.54) is 19.3 Å². The zero-order valence-electron chi connectivity index (χ0n) is 13.2. The molecule has 3 atom stereocenters. The first-order valence-electron chi connectivity index (χ1n) is 8.09. The van der Waals surface area contributed by atoms with E-state index in [9.17, 15) is 0 Å². The molecule has 1 fully saturated rings. The zero-order chi connectivity index (χ0) is 14.7. The summed E-state index contributed by atoms with van der Waals surface area (Å²) in [6.45, 7) is 10.6. The van der Waals surface area contributed by atoms with E-state index < -0.39 is 0 Å². The van der Waals surface area contributed by atoms with Gasteiger partial charge in [0, 0.05) is 19.1 Å². The van der Waals surface area contributed by atoms with Gasteiger partial charge in [0.1, 0.15) is 0 Å². The number of aryl methyl sites for hydroxylation is 2. The van der Waals surface area contributed by atoms with Crippen molar-refractivity contribution in [2.24, 2.45) is 11.8 Å². The standard InChI is InChI=1S/C16H28ClN3/c1-5-12-8-9-14(11(12)4)18-10-15-16(17)13(6-2)19-20(15)7-3/h11-12,14,18H,5-10H2,1-4H3. The maximum absolute atomic E-state index is 6.46. The van der Waals surface area contributed by atoms with Crippen LogP contribution in [-0.4, -0.2) is 15.8 Å². The minimum Gasteiger partial charge on any atom is -0.308 e. The Kier molecular flexibility index (Phi) is 5.50. The van der Waals surface area contributed by atoms with Crippen molar-refractivity contribution in [3.8, 4) is 0 Å². The predicted octanol–water partition coefficient (Wildman–Crippen LogP) is 4.03. The summed E-state index contributed by atoms with van der Waals surface area (Å²) in [7, 11) is 0. The fraction of sp³-hybridized carbons (Fsp3) is 0.812. The first-order chi connectivity index (χ1) is 9.62. The van der Waals surface area contributed by atoms with Crippen molar-refractivity contribution >= 4 is 11.6 Å². The Hall–Kier alpha value is -0.540. The van der Waals surface area contributed by atoms with Gasteiger partial charge in [-0.1, -0.05) is 38.8 Å². The minimum atomic E-state index is 0.626. The topological polar surface area (TPSA) is 29.9 Å². The summed E-state index contributed by atoms with van der Waals surface area (Å²) in [5, 5.41) is 9.17. The lowest BCUT2D eigenvalue weighted by Gasteiger charge is -2.21. The molecule has 1 aliphatic rings. The number of aromatic nitrogens is 2. The summed E-state index contributed by atoms with van der Waals surface area (Å²) in [6, 6.07) is 0.626. The summed E-state index contributed by atoms with van der Waals surface area (Å²) in [5.74, 6) is 1.65. The van der Waals surface area contributed by atoms with Crippen LogP contribution in [0.5, 0.6) is 0 Å². The highest BCUT2D eigenvalue weighted by atomic mass is 35.5. The van der Waals surface area contributed by atoms with E-state index in [4.69, 9.17) is 11.6 Å². The van der Waals surface area contributed by atoms with E-state index in [0.717, 1.165) is 47.8 Å². The van der Waals surface area contributed by atoms with Crippen LogP contribution < -0.4 is 5.32 Å². The molecule has 1 saturated carbocycles. The van der Waals surface area contributed by atoms with Crippen molar-refractivity contribution in [1.29, 1.82) is 0 Å². The van der Waals surface area contributed by atoms with Crippen LogP contribution in [0.1, 0.15) is 58.3 Å². The molecule has 0 aliphatic heterocycles. The predicted molar refractivity (Wildman–Crippen MR) is 85.1 cm³/mol. The third-order valence-corrected chi connectivity index (χ3v) is 5.41. The Labute approximate surface area is 128 Å². The first-order valence-corrected chi connectivity index (χ1v) is 8.47. The van der Waals surface area contributed by atoms with Crippen LogP contribution in [0.25, 0.3) is 0 Å². The highest BCUT2D eigenvalue weighted by Crippen LogP contribution is 2.34. The van der Waals surface area contributed by atoms with Crippen LogP contribution in [0, 0.1) is 11.8 Å². The van der Waals surface area contributed by atoms with Crippen molar-refractivity contribution in [2.45, 2.75) is 72.5 Å². The van der Waals surface area contributed by atoms with E-state index in [0.29, 0.717) is 6.04 Å². The SMILES string of the molecule is CCc1nn(CC)c(CNC2CCC(CC)C2C)c1Cl. The quantitative estimate of drug-likeness (QED) is 0.859. The molecule has 0 amide bonds. The van der Waals surface area contributed by atoms with Gasteiger partial charge in [0.05, 0.1) is 16.4 Å². The lowest BCUT2D eigenvalue weighted by atomic mass is 9.93. The van der Waals surface area contributed by atoms with E-state index in [-0.39, 0.29) is 0 Å². The highest BCUT2D eigenvalue weighted by molar-refractivity contribution is 6.31. The lowest BCUT2D eigenvalue weighted by Crippen LogP contribution is -2.33. The molecule has 1 aromatic heterocycles. The van der Waals surface area contributed by atoms with E-state index in [1.54, 1.807) is 0 Å². The van der Waals surface area contributed by atoms with Crippen molar-refractivity contribution in [2.75, 3.05) is 0 Å². The molecule has 0 aromatic carbocycles. The average Bonchev–Trinajstić information content (AvgIpc) is 2.97. The second kappa shape index (κ2) is 6.95. The molecule has 3 unspecified atom stereocenters. The Morgan fingerprint density at radius 1 is 1.30 bits per heavy atom. The Morgan fingerprint density at radius 2 is 2.05 bits per heavy atom. The largest absolute Gasteiger partial charge is 0.308 e. The van der Waals surface area contributed by atoms with Gasteiger partial charge >= 0.3 is 0 Å². The third-order valence-electron chi connectivity index (χ3n) is 4.98. The summed E-state index contributed by atoms with van der Waals surface area (Å²) in [6.07, 6.45) is 4.85. The normalized spacial score (nSPS) is 26.4. The number of nitrogens with one attached hydrogen (secondary N) is 1. The second-order valence-electron chi connectivity index (χ2n) is 5.97. The maximum atomic E-state index is 6.46. The van der Waals surface area contributed by atoms with Crippen LogP contribution in [0.2, 0.25) is 5.02 Å². The summed E-state index contributed by atoms with van der Waals surface area (Å²) in [5.41, 5.74) is 2.18. The van der Waals surface area contributed by atoms with Crippen molar-refractivity contribution in [3.05, 3.63) is 16.4 Å². The Morgan fingerprint density at radius 3 is 2.60 bits per heavy atom. The molecule has 1 aliphatic carbocycles. The second-order valence-corrected chi connectivity index (χ2v) is 6.35. The van der Waals surface area contributed by atoms with Gasteiger partial charge < -0.3 is 5.32 Å². The average molecular weight is 298 g/mol. The fourth-order valence-corrected chi connectivity index (χ4v) is 3.86. The smallest absolute Gasteiger partial charge is 0.0863 e. The van der Waals surface area contributed by atoms with Gasteiger partial charge in [0.2, 0.25) is 0 Å². The van der Waals surface area contributed by atoms with Gasteiger partial charge in [-0.15, -0.1) is 0 Å². The minimum absolute atomic E-state index is 0.626. The van der Waals surface area contributed by atoms with Crippen LogP contribution in [0.3, 0.4) is 0 Å². The van der Waals surface area contributed by atoms with Gasteiger partial charge in [-0.25, -0.2) is 0 Å².